The summed E-state index contributed by atoms with van der Waals surface area (Å²) in [6.45, 7) is 7.63. The summed E-state index contributed by atoms with van der Waals surface area (Å²) in [6.07, 6.45) is 0. The van der Waals surface area contributed by atoms with Gasteiger partial charge in [0.1, 0.15) is 0 Å². The molecule has 0 spiro atoms. The Morgan fingerprint density at radius 3 is 2.59 bits per heavy atom. The van der Waals surface area contributed by atoms with E-state index in [1.807, 2.05) is 19.9 Å². The predicted octanol–water partition coefficient (Wildman–Crippen LogP) is 3.77. The molecule has 0 bridgehead atoms. The number of rotatable bonds is 2. The quantitative estimate of drug-likeness (QED) is 0.651. The molecule has 0 unspecified atom stereocenters. The maximum absolute atomic E-state index is 10.6. The Bertz CT molecular complexity index is 549. The Morgan fingerprint density at radius 1 is 1.41 bits per heavy atom. The van der Waals surface area contributed by atoms with Gasteiger partial charge in [-0.25, -0.2) is 0 Å². The van der Waals surface area contributed by atoms with Gasteiger partial charge in [0.2, 0.25) is 0 Å². The zero-order valence-electron chi connectivity index (χ0n) is 9.77. The molecule has 1 aromatic heterocycles. The number of thiophene rings is 1. The summed E-state index contributed by atoms with van der Waals surface area (Å²) >= 11 is 1.48. The van der Waals surface area contributed by atoms with Gasteiger partial charge in [0.25, 0.3) is 5.69 Å². The molecule has 0 saturated carbocycles. The van der Waals surface area contributed by atoms with Crippen molar-refractivity contribution in [1.82, 2.24) is 0 Å². The zero-order valence-corrected chi connectivity index (χ0v) is 10.6. The van der Waals surface area contributed by atoms with Crippen LogP contribution in [0.4, 0.5) is 5.69 Å². The van der Waals surface area contributed by atoms with Crippen LogP contribution in [0.2, 0.25) is 0 Å². The fraction of sp³-hybridized carbons (Fsp3) is 0.167. The van der Waals surface area contributed by atoms with Gasteiger partial charge in [-0.15, -0.1) is 11.3 Å². The van der Waals surface area contributed by atoms with Crippen LogP contribution >= 0.6 is 11.3 Å². The average molecular weight is 250 g/mol. The van der Waals surface area contributed by atoms with Crippen LogP contribution in [0.3, 0.4) is 0 Å². The first kappa shape index (κ1) is 13.2. The smallest absolute Gasteiger partial charge is 0.270 e. The molecular formula is C12H14N2O2S. The number of benzene rings is 1. The largest absolute Gasteiger partial charge is 0.398 e. The predicted molar refractivity (Wildman–Crippen MR) is 73.0 cm³/mol. The van der Waals surface area contributed by atoms with E-state index >= 15 is 0 Å². The lowest BCUT2D eigenvalue weighted by atomic mass is 10.2. The van der Waals surface area contributed by atoms with Crippen molar-refractivity contribution in [3.05, 3.63) is 45.8 Å². The van der Waals surface area contributed by atoms with E-state index in [0.717, 1.165) is 15.0 Å². The van der Waals surface area contributed by atoms with Crippen LogP contribution in [0.15, 0.2) is 30.8 Å². The van der Waals surface area contributed by atoms with Gasteiger partial charge in [-0.2, -0.15) is 0 Å². The summed E-state index contributed by atoms with van der Waals surface area (Å²) in [6, 6.07) is 6.57. The Morgan fingerprint density at radius 2 is 2.06 bits per heavy atom. The van der Waals surface area contributed by atoms with E-state index in [4.69, 9.17) is 5.73 Å². The number of nitrogens with two attached hydrogens (primary N) is 1. The molecule has 0 aliphatic rings. The number of fused-ring (bicyclic) bond motifs is 1. The van der Waals surface area contributed by atoms with Crippen molar-refractivity contribution in [2.45, 2.75) is 13.8 Å². The van der Waals surface area contributed by atoms with E-state index in [9.17, 15) is 10.1 Å². The number of nitro groups is 1. The van der Waals surface area contributed by atoms with E-state index in [2.05, 4.69) is 6.58 Å². The summed E-state index contributed by atoms with van der Waals surface area (Å²) in [7, 11) is 0. The maximum atomic E-state index is 10.6. The standard InChI is InChI=1S/C10H8N2O2S.C2H6/c1-6(11)10-5-7-4-8(12(13)14)2-3-9(7)15-10;1-2/h2-5H,1,11H2;1-2H3. The van der Waals surface area contributed by atoms with Crippen LogP contribution < -0.4 is 5.73 Å². The molecule has 0 radical (unpaired) electrons. The number of hydrogen-bond acceptors (Lipinski definition) is 4. The van der Waals surface area contributed by atoms with Gasteiger partial charge >= 0.3 is 0 Å². The zero-order chi connectivity index (χ0) is 13.0. The van der Waals surface area contributed by atoms with Crippen molar-refractivity contribution in [3.8, 4) is 0 Å². The number of nitrogens with zero attached hydrogens (tertiary/aromatic N) is 1. The molecule has 90 valence electrons. The Labute approximate surface area is 104 Å². The third-order valence-electron chi connectivity index (χ3n) is 2.03. The summed E-state index contributed by atoms with van der Waals surface area (Å²) < 4.78 is 0.974. The summed E-state index contributed by atoms with van der Waals surface area (Å²) in [5.74, 6) is 0. The molecule has 2 rings (SSSR count). The topological polar surface area (TPSA) is 69.2 Å². The Balaban J connectivity index is 0.000000686. The Hall–Kier alpha value is -1.88. The average Bonchev–Trinajstić information content (AvgIpc) is 2.74. The fourth-order valence-electron chi connectivity index (χ4n) is 1.30. The molecule has 1 aromatic carbocycles. The number of non-ortho nitro benzene ring substituents is 1. The van der Waals surface area contributed by atoms with E-state index in [0.29, 0.717) is 5.70 Å². The van der Waals surface area contributed by atoms with Gasteiger partial charge in [0, 0.05) is 22.5 Å². The normalized spacial score (nSPS) is 9.53. The second-order valence-corrected chi connectivity index (χ2v) is 4.20. The lowest BCUT2D eigenvalue weighted by molar-refractivity contribution is -0.384. The van der Waals surface area contributed by atoms with Crippen molar-refractivity contribution in [2.24, 2.45) is 5.73 Å². The molecule has 2 aromatic rings. The molecular weight excluding hydrogens is 236 g/mol. The molecule has 4 nitrogen and oxygen atoms in total. The van der Waals surface area contributed by atoms with Crippen LogP contribution in [0, 0.1) is 10.1 Å². The minimum Gasteiger partial charge on any atom is -0.398 e. The van der Waals surface area contributed by atoms with E-state index in [-0.39, 0.29) is 5.69 Å². The van der Waals surface area contributed by atoms with Gasteiger partial charge in [-0.3, -0.25) is 10.1 Å². The molecule has 1 heterocycles. The van der Waals surface area contributed by atoms with Crippen LogP contribution in [-0.2, 0) is 0 Å². The second kappa shape index (κ2) is 5.45. The molecule has 17 heavy (non-hydrogen) atoms. The molecule has 5 heteroatoms. The van der Waals surface area contributed by atoms with Crippen molar-refractivity contribution >= 4 is 32.8 Å². The van der Waals surface area contributed by atoms with Crippen molar-refractivity contribution in [2.75, 3.05) is 0 Å². The lowest BCUT2D eigenvalue weighted by Gasteiger charge is -1.89. The van der Waals surface area contributed by atoms with Crippen molar-refractivity contribution in [3.63, 3.8) is 0 Å². The van der Waals surface area contributed by atoms with Crippen LogP contribution in [0.1, 0.15) is 18.7 Å². The molecule has 0 aliphatic heterocycles. The minimum atomic E-state index is -0.409. The van der Waals surface area contributed by atoms with E-state index in [1.165, 1.54) is 23.5 Å². The van der Waals surface area contributed by atoms with Crippen LogP contribution in [-0.4, -0.2) is 4.92 Å². The first-order valence-corrected chi connectivity index (χ1v) is 6.02. The summed E-state index contributed by atoms with van der Waals surface area (Å²) in [4.78, 5) is 11.0. The third-order valence-corrected chi connectivity index (χ3v) is 3.22. The lowest BCUT2D eigenvalue weighted by Crippen LogP contribution is -1.88. The number of nitro benzene ring substituents is 1. The second-order valence-electron chi connectivity index (χ2n) is 3.12. The highest BCUT2D eigenvalue weighted by molar-refractivity contribution is 7.20. The Kier molecular flexibility index (Phi) is 4.23. The van der Waals surface area contributed by atoms with Gasteiger partial charge in [-0.05, 0) is 17.5 Å². The van der Waals surface area contributed by atoms with Crippen LogP contribution in [0.5, 0.6) is 0 Å². The monoisotopic (exact) mass is 250 g/mol. The van der Waals surface area contributed by atoms with Gasteiger partial charge in [0.15, 0.2) is 0 Å². The molecule has 2 N–H and O–H groups in total. The third kappa shape index (κ3) is 2.82. The van der Waals surface area contributed by atoms with E-state index in [1.54, 1.807) is 6.07 Å². The number of hydrogen-bond donors (Lipinski definition) is 1. The highest BCUT2D eigenvalue weighted by Crippen LogP contribution is 2.30. The molecule has 0 saturated heterocycles. The summed E-state index contributed by atoms with van der Waals surface area (Å²) in [5.41, 5.74) is 6.13. The van der Waals surface area contributed by atoms with Gasteiger partial charge in [0.05, 0.1) is 9.80 Å². The van der Waals surface area contributed by atoms with Crippen molar-refractivity contribution < 1.29 is 4.92 Å². The van der Waals surface area contributed by atoms with Gasteiger partial charge < -0.3 is 5.73 Å². The maximum Gasteiger partial charge on any atom is 0.270 e. The summed E-state index contributed by atoms with van der Waals surface area (Å²) in [5, 5.41) is 11.4. The van der Waals surface area contributed by atoms with Gasteiger partial charge in [-0.1, -0.05) is 20.4 Å². The highest BCUT2D eigenvalue weighted by atomic mass is 32.1. The minimum absolute atomic E-state index is 0.0921. The van der Waals surface area contributed by atoms with Crippen LogP contribution in [0.25, 0.3) is 15.8 Å². The molecule has 0 amide bonds. The van der Waals surface area contributed by atoms with Crippen molar-refractivity contribution in [1.29, 1.82) is 0 Å². The first-order valence-electron chi connectivity index (χ1n) is 5.20. The molecule has 0 aliphatic carbocycles. The highest BCUT2D eigenvalue weighted by Gasteiger charge is 2.08. The van der Waals surface area contributed by atoms with E-state index < -0.39 is 4.92 Å². The fourth-order valence-corrected chi connectivity index (χ4v) is 2.23. The first-order chi connectivity index (χ1) is 8.08. The molecule has 0 atom stereocenters. The molecule has 0 fully saturated rings. The SMILES string of the molecule is C=C(N)c1cc2cc([N+](=O)[O-])ccc2s1.CC.